The number of carbonyl (C=O) groups excluding carboxylic acids is 2. The van der Waals surface area contributed by atoms with Crippen molar-refractivity contribution in [2.24, 2.45) is 5.41 Å². The molecule has 2 aromatic carbocycles. The Morgan fingerprint density at radius 2 is 1.80 bits per heavy atom. The molecule has 1 aliphatic carbocycles. The largest absolute Gasteiger partial charge is 0.491 e. The van der Waals surface area contributed by atoms with Crippen molar-refractivity contribution in [2.45, 2.75) is 85.3 Å². The molecule has 0 fully saturated rings. The molecule has 0 saturated heterocycles. The van der Waals surface area contributed by atoms with E-state index in [1.54, 1.807) is 0 Å². The average molecular weight is 475 g/mol. The van der Waals surface area contributed by atoms with E-state index in [-0.39, 0.29) is 23.2 Å². The molecule has 4 rings (SSSR count). The maximum atomic E-state index is 13.8. The number of unbranched alkanes of at least 4 members (excludes halogenated alkanes) is 2. The summed E-state index contributed by atoms with van der Waals surface area (Å²) in [5, 5.41) is 3.58. The lowest BCUT2D eigenvalue weighted by molar-refractivity contribution is -0.119. The van der Waals surface area contributed by atoms with Crippen LogP contribution in [0.4, 0.5) is 11.4 Å². The second kappa shape index (κ2) is 10.3. The predicted octanol–water partition coefficient (Wildman–Crippen LogP) is 7.20. The van der Waals surface area contributed by atoms with Crippen LogP contribution >= 0.6 is 0 Å². The number of ether oxygens (including phenoxy) is 1. The first-order valence-corrected chi connectivity index (χ1v) is 12.9. The summed E-state index contributed by atoms with van der Waals surface area (Å²) in [6.07, 6.45) is 4.64. The van der Waals surface area contributed by atoms with Crippen molar-refractivity contribution in [1.82, 2.24) is 0 Å². The van der Waals surface area contributed by atoms with Crippen LogP contribution in [0.15, 0.2) is 59.8 Å². The van der Waals surface area contributed by atoms with Crippen LogP contribution in [0.1, 0.15) is 84.7 Å². The molecular weight excluding hydrogens is 436 g/mol. The first-order valence-electron chi connectivity index (χ1n) is 12.9. The number of rotatable bonds is 7. The summed E-state index contributed by atoms with van der Waals surface area (Å²) >= 11 is 0. The fourth-order valence-corrected chi connectivity index (χ4v) is 5.23. The first kappa shape index (κ1) is 25.0. The van der Waals surface area contributed by atoms with Crippen LogP contribution in [0.2, 0.25) is 0 Å². The van der Waals surface area contributed by atoms with Gasteiger partial charge >= 0.3 is 0 Å². The lowest BCUT2D eigenvalue weighted by atomic mass is 9.73. The Kier molecular flexibility index (Phi) is 7.34. The summed E-state index contributed by atoms with van der Waals surface area (Å²) in [6.45, 7) is 10.4. The molecule has 0 radical (unpaired) electrons. The van der Waals surface area contributed by atoms with Crippen molar-refractivity contribution in [1.29, 1.82) is 0 Å². The molecule has 35 heavy (non-hydrogen) atoms. The highest BCUT2D eigenvalue weighted by molar-refractivity contribution is 6.06. The molecule has 1 N–H and O–H groups in total. The quantitative estimate of drug-likeness (QED) is 0.431. The second-order valence-corrected chi connectivity index (χ2v) is 10.8. The van der Waals surface area contributed by atoms with Crippen LogP contribution in [0, 0.1) is 5.41 Å². The van der Waals surface area contributed by atoms with Gasteiger partial charge in [-0.3, -0.25) is 14.5 Å². The molecule has 0 aromatic heterocycles. The van der Waals surface area contributed by atoms with Gasteiger partial charge in [0.15, 0.2) is 5.78 Å². The third-order valence-corrected chi connectivity index (χ3v) is 6.73. The van der Waals surface area contributed by atoms with E-state index in [2.05, 4.69) is 26.1 Å². The molecular formula is C30H38N2O3. The van der Waals surface area contributed by atoms with Gasteiger partial charge in [0.05, 0.1) is 23.5 Å². The summed E-state index contributed by atoms with van der Waals surface area (Å²) < 4.78 is 5.86. The number of para-hydroxylation sites is 2. The summed E-state index contributed by atoms with van der Waals surface area (Å²) in [5.74, 6) is 0.934. The predicted molar refractivity (Wildman–Crippen MR) is 142 cm³/mol. The molecule has 2 aromatic rings. The van der Waals surface area contributed by atoms with Gasteiger partial charge in [-0.25, -0.2) is 0 Å². The Labute approximate surface area is 209 Å². The number of hydrogen-bond donors (Lipinski definition) is 1. The first-order chi connectivity index (χ1) is 16.7. The van der Waals surface area contributed by atoms with Gasteiger partial charge < -0.3 is 10.1 Å². The van der Waals surface area contributed by atoms with E-state index in [9.17, 15) is 9.59 Å². The van der Waals surface area contributed by atoms with E-state index in [4.69, 9.17) is 4.74 Å². The molecule has 1 heterocycles. The third kappa shape index (κ3) is 5.44. The minimum absolute atomic E-state index is 0.0478. The lowest BCUT2D eigenvalue weighted by Gasteiger charge is -2.37. The number of Topliss-reactive ketones (excluding diaryl/α,β-unsaturated/α-hetero) is 1. The molecule has 5 nitrogen and oxygen atoms in total. The van der Waals surface area contributed by atoms with E-state index in [0.717, 1.165) is 54.1 Å². The number of ketones is 1. The second-order valence-electron chi connectivity index (χ2n) is 10.8. The van der Waals surface area contributed by atoms with Gasteiger partial charge in [-0.1, -0.05) is 57.9 Å². The minimum atomic E-state index is -0.480. The highest BCUT2D eigenvalue weighted by Crippen LogP contribution is 2.48. The summed E-state index contributed by atoms with van der Waals surface area (Å²) in [5.41, 5.74) is 4.11. The van der Waals surface area contributed by atoms with Crippen molar-refractivity contribution >= 4 is 23.1 Å². The number of carbonyl (C=O) groups is 2. The van der Waals surface area contributed by atoms with Crippen LogP contribution in [0.25, 0.3) is 0 Å². The average Bonchev–Trinajstić information content (AvgIpc) is 2.93. The summed E-state index contributed by atoms with van der Waals surface area (Å²) in [4.78, 5) is 29.4. The van der Waals surface area contributed by atoms with E-state index in [1.165, 1.54) is 0 Å². The van der Waals surface area contributed by atoms with Gasteiger partial charge in [-0.05, 0) is 61.9 Å². The SMILES string of the molecule is CCCCCC(=O)N1c2ccccc2NC2=C(C(=O)CC(C)(C)C2)C1c1ccc(OC(C)C)cc1. The monoisotopic (exact) mass is 474 g/mol. The standard InChI is InChI=1S/C30H38N2O3/c1-6-7-8-13-27(34)32-25-12-10-9-11-23(25)31-24-18-30(4,5)19-26(33)28(24)29(32)21-14-16-22(17-15-21)35-20(2)3/h9-12,14-17,20,29,31H,6-8,13,18-19H2,1-5H3. The van der Waals surface area contributed by atoms with Gasteiger partial charge in [0.1, 0.15) is 5.75 Å². The van der Waals surface area contributed by atoms with Crippen LogP contribution in [-0.2, 0) is 9.59 Å². The molecule has 1 unspecified atom stereocenters. The Morgan fingerprint density at radius 3 is 2.49 bits per heavy atom. The number of nitrogens with one attached hydrogen (secondary N) is 1. The van der Waals surface area contributed by atoms with Gasteiger partial charge in [0, 0.05) is 24.1 Å². The maximum Gasteiger partial charge on any atom is 0.227 e. The normalized spacial score (nSPS) is 19.1. The molecule has 5 heteroatoms. The molecule has 1 aliphatic heterocycles. The number of anilines is 2. The number of allylic oxidation sites excluding steroid dienone is 1. The van der Waals surface area contributed by atoms with Crippen molar-refractivity contribution in [3.8, 4) is 5.75 Å². The van der Waals surface area contributed by atoms with Gasteiger partial charge in [-0.2, -0.15) is 0 Å². The number of amides is 1. The lowest BCUT2D eigenvalue weighted by Crippen LogP contribution is -2.39. The number of fused-ring (bicyclic) bond motifs is 1. The molecule has 1 amide bonds. The molecule has 0 saturated carbocycles. The number of nitrogens with zero attached hydrogens (tertiary/aromatic N) is 1. The molecule has 0 bridgehead atoms. The minimum Gasteiger partial charge on any atom is -0.491 e. The molecule has 1 atom stereocenters. The summed E-state index contributed by atoms with van der Waals surface area (Å²) in [7, 11) is 0. The highest BCUT2D eigenvalue weighted by Gasteiger charge is 2.43. The van der Waals surface area contributed by atoms with Gasteiger partial charge in [-0.15, -0.1) is 0 Å². The van der Waals surface area contributed by atoms with Crippen LogP contribution < -0.4 is 15.0 Å². The number of benzene rings is 2. The van der Waals surface area contributed by atoms with Crippen molar-refractivity contribution < 1.29 is 14.3 Å². The molecule has 0 spiro atoms. The highest BCUT2D eigenvalue weighted by atomic mass is 16.5. The van der Waals surface area contributed by atoms with Crippen LogP contribution in [0.5, 0.6) is 5.75 Å². The van der Waals surface area contributed by atoms with Crippen molar-refractivity contribution in [2.75, 3.05) is 10.2 Å². The zero-order valence-electron chi connectivity index (χ0n) is 21.7. The van der Waals surface area contributed by atoms with Gasteiger partial charge in [0.25, 0.3) is 0 Å². The Balaban J connectivity index is 1.88. The topological polar surface area (TPSA) is 58.6 Å². The van der Waals surface area contributed by atoms with Gasteiger partial charge in [0.2, 0.25) is 5.91 Å². The zero-order valence-corrected chi connectivity index (χ0v) is 21.7. The molecule has 186 valence electrons. The Bertz CT molecular complexity index is 1110. The van der Waals surface area contributed by atoms with E-state index in [1.807, 2.05) is 67.3 Å². The van der Waals surface area contributed by atoms with Crippen molar-refractivity contribution in [3.05, 3.63) is 65.4 Å². The Morgan fingerprint density at radius 1 is 1.09 bits per heavy atom. The van der Waals surface area contributed by atoms with E-state index >= 15 is 0 Å². The fourth-order valence-electron chi connectivity index (χ4n) is 5.23. The Hall–Kier alpha value is -3.08. The summed E-state index contributed by atoms with van der Waals surface area (Å²) in [6, 6.07) is 15.3. The molecule has 2 aliphatic rings. The zero-order chi connectivity index (χ0) is 25.2. The van der Waals surface area contributed by atoms with E-state index in [0.29, 0.717) is 18.4 Å². The van der Waals surface area contributed by atoms with E-state index < -0.39 is 6.04 Å². The fraction of sp³-hybridized carbons (Fsp3) is 0.467. The van der Waals surface area contributed by atoms with Crippen LogP contribution in [-0.4, -0.2) is 17.8 Å². The maximum absolute atomic E-state index is 13.8. The number of hydrogen-bond acceptors (Lipinski definition) is 4. The third-order valence-electron chi connectivity index (χ3n) is 6.73. The smallest absolute Gasteiger partial charge is 0.227 e. The van der Waals surface area contributed by atoms with Crippen LogP contribution in [0.3, 0.4) is 0 Å². The van der Waals surface area contributed by atoms with Crippen molar-refractivity contribution in [3.63, 3.8) is 0 Å².